The first-order chi connectivity index (χ1) is 15.9. The second kappa shape index (κ2) is 10.2. The molecule has 3 aromatic rings. The third-order valence-electron chi connectivity index (χ3n) is 5.89. The van der Waals surface area contributed by atoms with E-state index in [0.29, 0.717) is 24.4 Å². The van der Waals surface area contributed by atoms with Gasteiger partial charge in [0.2, 0.25) is 10.0 Å². The van der Waals surface area contributed by atoms with Gasteiger partial charge in [-0.1, -0.05) is 24.2 Å². The summed E-state index contributed by atoms with van der Waals surface area (Å²) < 4.78 is 33.9. The monoisotopic (exact) mass is 487 g/mol. The van der Waals surface area contributed by atoms with Crippen LogP contribution in [0.1, 0.15) is 49.9 Å². The van der Waals surface area contributed by atoms with Crippen molar-refractivity contribution in [3.05, 3.63) is 48.0 Å². The van der Waals surface area contributed by atoms with Gasteiger partial charge in [-0.15, -0.1) is 0 Å². The van der Waals surface area contributed by atoms with Crippen molar-refractivity contribution in [1.29, 1.82) is 0 Å². The molecule has 0 bridgehead atoms. The number of sulfonamides is 1. The normalized spacial score (nSPS) is 15.3. The van der Waals surface area contributed by atoms with Crippen molar-refractivity contribution in [2.75, 3.05) is 31.1 Å². The van der Waals surface area contributed by atoms with Crippen LogP contribution in [0.25, 0.3) is 10.2 Å². The Morgan fingerprint density at radius 1 is 1.03 bits per heavy atom. The Labute approximate surface area is 199 Å². The lowest BCUT2D eigenvalue weighted by molar-refractivity contribution is 0.0735. The summed E-state index contributed by atoms with van der Waals surface area (Å²) in [4.78, 5) is 19.7. The molecule has 0 aliphatic carbocycles. The predicted octanol–water partition coefficient (Wildman–Crippen LogP) is 4.93. The van der Waals surface area contributed by atoms with E-state index in [2.05, 4.69) is 23.7 Å². The van der Waals surface area contributed by atoms with E-state index < -0.39 is 16.0 Å². The Kier molecular flexibility index (Phi) is 7.31. The van der Waals surface area contributed by atoms with Gasteiger partial charge in [-0.05, 0) is 63.1 Å². The summed E-state index contributed by atoms with van der Waals surface area (Å²) >= 11 is 1.56. The molecule has 1 aromatic heterocycles. The van der Waals surface area contributed by atoms with E-state index in [0.717, 1.165) is 54.1 Å². The molecule has 0 atom stereocenters. The molecule has 1 aliphatic heterocycles. The van der Waals surface area contributed by atoms with Crippen LogP contribution in [-0.2, 0) is 10.0 Å². The number of hydrogen-bond acceptors (Lipinski definition) is 7. The van der Waals surface area contributed by atoms with Crippen molar-refractivity contribution in [2.24, 2.45) is 0 Å². The van der Waals surface area contributed by atoms with Crippen LogP contribution in [0.15, 0.2) is 47.4 Å². The highest BCUT2D eigenvalue weighted by atomic mass is 32.2. The molecule has 1 aliphatic rings. The van der Waals surface area contributed by atoms with Crippen LogP contribution in [-0.4, -0.2) is 49.9 Å². The summed E-state index contributed by atoms with van der Waals surface area (Å²) in [6.07, 6.45) is 3.87. The number of fused-ring (bicyclic) bond motifs is 1. The van der Waals surface area contributed by atoms with Crippen LogP contribution < -0.4 is 9.64 Å². The molecule has 4 rings (SSSR count). The van der Waals surface area contributed by atoms with Crippen LogP contribution in [0.3, 0.4) is 0 Å². The Morgan fingerprint density at radius 3 is 2.33 bits per heavy atom. The fraction of sp³-hybridized carbons (Fsp3) is 0.417. The molecule has 0 unspecified atom stereocenters. The summed E-state index contributed by atoms with van der Waals surface area (Å²) in [6.45, 7) is 7.02. The van der Waals surface area contributed by atoms with Gasteiger partial charge in [0.1, 0.15) is 5.75 Å². The SMILES string of the molecule is CCN(CC)c1nc2ccc(OC(=O)c3ccc(S(=O)(=O)N4CCCCCC4)cc3)cc2s1. The molecule has 9 heteroatoms. The summed E-state index contributed by atoms with van der Waals surface area (Å²) in [6, 6.07) is 11.4. The molecule has 0 amide bonds. The van der Waals surface area contributed by atoms with Crippen molar-refractivity contribution >= 4 is 42.7 Å². The average molecular weight is 488 g/mol. The number of nitrogens with zero attached hydrogens (tertiary/aromatic N) is 3. The molecule has 2 aromatic carbocycles. The van der Waals surface area contributed by atoms with Gasteiger partial charge in [0.15, 0.2) is 5.13 Å². The van der Waals surface area contributed by atoms with Crippen LogP contribution in [0, 0.1) is 0 Å². The fourth-order valence-electron chi connectivity index (χ4n) is 3.95. The highest BCUT2D eigenvalue weighted by Crippen LogP contribution is 2.31. The number of ether oxygens (including phenoxy) is 1. The summed E-state index contributed by atoms with van der Waals surface area (Å²) in [7, 11) is -3.55. The van der Waals surface area contributed by atoms with Gasteiger partial charge in [0, 0.05) is 32.2 Å². The molecular weight excluding hydrogens is 458 g/mol. The highest BCUT2D eigenvalue weighted by Gasteiger charge is 2.25. The number of hydrogen-bond donors (Lipinski definition) is 0. The van der Waals surface area contributed by atoms with Crippen molar-refractivity contribution in [1.82, 2.24) is 9.29 Å². The standard InChI is InChI=1S/C24H29N3O4S2/c1-3-26(4-2)24-25-21-14-11-19(17-22(21)32-24)31-23(28)18-9-12-20(13-10-18)33(29,30)27-15-7-5-6-8-16-27/h9-14,17H,3-8,15-16H2,1-2H3. The van der Waals surface area contributed by atoms with Gasteiger partial charge in [0.25, 0.3) is 0 Å². The Morgan fingerprint density at radius 2 is 1.70 bits per heavy atom. The number of anilines is 1. The molecule has 7 nitrogen and oxygen atoms in total. The fourth-order valence-corrected chi connectivity index (χ4v) is 6.58. The van der Waals surface area contributed by atoms with Crippen LogP contribution in [0.5, 0.6) is 5.75 Å². The number of esters is 1. The number of thiazole rings is 1. The maximum atomic E-state index is 12.9. The molecule has 0 radical (unpaired) electrons. The van der Waals surface area contributed by atoms with Gasteiger partial charge >= 0.3 is 5.97 Å². The van der Waals surface area contributed by atoms with Gasteiger partial charge in [-0.2, -0.15) is 4.31 Å². The van der Waals surface area contributed by atoms with Crippen molar-refractivity contribution in [2.45, 2.75) is 44.4 Å². The molecule has 176 valence electrons. The second-order valence-corrected chi connectivity index (χ2v) is 11.0. The van der Waals surface area contributed by atoms with Crippen LogP contribution in [0.4, 0.5) is 5.13 Å². The largest absolute Gasteiger partial charge is 0.423 e. The van der Waals surface area contributed by atoms with E-state index in [4.69, 9.17) is 4.74 Å². The quantitative estimate of drug-likeness (QED) is 0.347. The maximum absolute atomic E-state index is 12.9. The second-order valence-electron chi connectivity index (χ2n) is 8.03. The zero-order chi connectivity index (χ0) is 23.4. The third-order valence-corrected chi connectivity index (χ3v) is 8.88. The van der Waals surface area contributed by atoms with E-state index in [1.165, 1.54) is 24.3 Å². The van der Waals surface area contributed by atoms with Crippen molar-refractivity contribution < 1.29 is 17.9 Å². The molecule has 0 saturated carbocycles. The zero-order valence-electron chi connectivity index (χ0n) is 19.0. The first-order valence-corrected chi connectivity index (χ1v) is 13.7. The van der Waals surface area contributed by atoms with E-state index in [9.17, 15) is 13.2 Å². The summed E-state index contributed by atoms with van der Waals surface area (Å²) in [5.74, 6) is -0.0925. The van der Waals surface area contributed by atoms with Crippen molar-refractivity contribution in [3.63, 3.8) is 0 Å². The van der Waals surface area contributed by atoms with E-state index in [-0.39, 0.29) is 4.90 Å². The van der Waals surface area contributed by atoms with Gasteiger partial charge in [0.05, 0.1) is 20.7 Å². The Bertz CT molecular complexity index is 1210. The highest BCUT2D eigenvalue weighted by molar-refractivity contribution is 7.89. The Hall–Kier alpha value is -2.49. The summed E-state index contributed by atoms with van der Waals surface area (Å²) in [5.41, 5.74) is 1.17. The number of benzene rings is 2. The smallest absolute Gasteiger partial charge is 0.343 e. The number of rotatable bonds is 7. The molecule has 1 saturated heterocycles. The molecule has 1 fully saturated rings. The van der Waals surface area contributed by atoms with Crippen molar-refractivity contribution in [3.8, 4) is 5.75 Å². The Balaban J connectivity index is 1.47. The van der Waals surface area contributed by atoms with Gasteiger partial charge < -0.3 is 9.64 Å². The molecule has 2 heterocycles. The molecule has 0 N–H and O–H groups in total. The maximum Gasteiger partial charge on any atom is 0.343 e. The van der Waals surface area contributed by atoms with Gasteiger partial charge in [-0.25, -0.2) is 18.2 Å². The lowest BCUT2D eigenvalue weighted by Gasteiger charge is -2.19. The zero-order valence-corrected chi connectivity index (χ0v) is 20.6. The van der Waals surface area contributed by atoms with Crippen LogP contribution >= 0.6 is 11.3 Å². The van der Waals surface area contributed by atoms with Gasteiger partial charge in [-0.3, -0.25) is 0 Å². The third kappa shape index (κ3) is 5.20. The minimum atomic E-state index is -3.55. The van der Waals surface area contributed by atoms with Crippen LogP contribution in [0.2, 0.25) is 0 Å². The van der Waals surface area contributed by atoms with E-state index >= 15 is 0 Å². The van der Waals surface area contributed by atoms with E-state index in [1.54, 1.807) is 21.7 Å². The molecule has 0 spiro atoms. The average Bonchev–Trinajstić information content (AvgIpc) is 3.03. The predicted molar refractivity (Wildman–Crippen MR) is 132 cm³/mol. The number of carbonyl (C=O) groups excluding carboxylic acids is 1. The lowest BCUT2D eigenvalue weighted by atomic mass is 10.2. The molecule has 33 heavy (non-hydrogen) atoms. The first kappa shape index (κ1) is 23.7. The number of carbonyl (C=O) groups is 1. The molecular formula is C24H29N3O4S2. The number of aromatic nitrogens is 1. The summed E-state index contributed by atoms with van der Waals surface area (Å²) in [5, 5.41) is 0.944. The lowest BCUT2D eigenvalue weighted by Crippen LogP contribution is -2.31. The minimum absolute atomic E-state index is 0.205. The minimum Gasteiger partial charge on any atom is -0.423 e. The first-order valence-electron chi connectivity index (χ1n) is 11.4. The topological polar surface area (TPSA) is 79.8 Å². The van der Waals surface area contributed by atoms with E-state index in [1.807, 2.05) is 12.1 Å².